The summed E-state index contributed by atoms with van der Waals surface area (Å²) in [4.78, 5) is 4.46. The van der Waals surface area contributed by atoms with Crippen molar-refractivity contribution in [3.05, 3.63) is 58.5 Å². The maximum absolute atomic E-state index is 12.9. The van der Waals surface area contributed by atoms with E-state index in [0.29, 0.717) is 0 Å². The Labute approximate surface area is 127 Å². The highest BCUT2D eigenvalue weighted by Gasteiger charge is 2.09. The lowest BCUT2D eigenvalue weighted by Crippen LogP contribution is -2.05. The molecule has 0 atom stereocenters. The van der Waals surface area contributed by atoms with E-state index in [4.69, 9.17) is 0 Å². The van der Waals surface area contributed by atoms with Crippen molar-refractivity contribution in [1.29, 1.82) is 0 Å². The fraction of sp³-hybridized carbons (Fsp3) is 0.250. The van der Waals surface area contributed by atoms with Crippen molar-refractivity contribution in [3.8, 4) is 10.7 Å². The molecule has 0 N–H and O–H groups in total. The van der Waals surface area contributed by atoms with Gasteiger partial charge in [0.25, 0.3) is 0 Å². The van der Waals surface area contributed by atoms with Crippen molar-refractivity contribution in [2.24, 2.45) is 0 Å². The highest BCUT2D eigenvalue weighted by Crippen LogP contribution is 2.23. The summed E-state index contributed by atoms with van der Waals surface area (Å²) in [5.41, 5.74) is 4.16. The van der Waals surface area contributed by atoms with Gasteiger partial charge in [0.05, 0.1) is 0 Å². The summed E-state index contributed by atoms with van der Waals surface area (Å²) >= 11 is 1.61. The summed E-state index contributed by atoms with van der Waals surface area (Å²) in [6, 6.07) is 8.69. The van der Waals surface area contributed by atoms with Gasteiger partial charge < -0.3 is 0 Å². The van der Waals surface area contributed by atoms with Gasteiger partial charge in [0.15, 0.2) is 0 Å². The average molecular weight is 301 g/mol. The lowest BCUT2D eigenvalue weighted by molar-refractivity contribution is 0.597. The predicted octanol–water partition coefficient (Wildman–Crippen LogP) is 4.01. The van der Waals surface area contributed by atoms with Crippen LogP contribution < -0.4 is 0 Å². The van der Waals surface area contributed by atoms with Crippen molar-refractivity contribution in [3.63, 3.8) is 0 Å². The molecule has 3 nitrogen and oxygen atoms in total. The van der Waals surface area contributed by atoms with Gasteiger partial charge in [0, 0.05) is 23.3 Å². The molecule has 0 spiro atoms. The van der Waals surface area contributed by atoms with Crippen molar-refractivity contribution in [2.45, 2.75) is 26.8 Å². The van der Waals surface area contributed by atoms with Crippen molar-refractivity contribution < 1.29 is 4.39 Å². The first-order chi connectivity index (χ1) is 10.1. The van der Waals surface area contributed by atoms with Crippen molar-refractivity contribution in [1.82, 2.24) is 14.8 Å². The maximum atomic E-state index is 12.9. The zero-order chi connectivity index (χ0) is 14.8. The van der Waals surface area contributed by atoms with E-state index in [1.807, 2.05) is 36.0 Å². The van der Waals surface area contributed by atoms with Crippen LogP contribution in [0.2, 0.25) is 0 Å². The molecule has 5 heteroatoms. The molecule has 1 aromatic carbocycles. The molecule has 108 valence electrons. The molecule has 3 aromatic rings. The minimum absolute atomic E-state index is 0.199. The summed E-state index contributed by atoms with van der Waals surface area (Å²) in [5.74, 6) is -0.199. The van der Waals surface area contributed by atoms with Gasteiger partial charge in [0.1, 0.15) is 16.5 Å². The number of aromatic nitrogens is 3. The number of halogens is 1. The Balaban J connectivity index is 1.74. The maximum Gasteiger partial charge on any atom is 0.143 e. The summed E-state index contributed by atoms with van der Waals surface area (Å²) in [5, 5.41) is 7.60. The molecule has 2 aromatic heterocycles. The molecule has 0 aliphatic heterocycles. The molecular formula is C16H16FN3S. The smallest absolute Gasteiger partial charge is 0.143 e. The third-order valence-electron chi connectivity index (χ3n) is 3.34. The fourth-order valence-electron chi connectivity index (χ4n) is 2.20. The zero-order valence-electron chi connectivity index (χ0n) is 12.0. The molecule has 0 unspecified atom stereocenters. The molecule has 0 aliphatic carbocycles. The number of nitrogens with zero attached hydrogens (tertiary/aromatic N) is 3. The predicted molar refractivity (Wildman–Crippen MR) is 82.9 cm³/mol. The molecule has 0 fully saturated rings. The molecule has 2 heterocycles. The second kappa shape index (κ2) is 5.77. The van der Waals surface area contributed by atoms with E-state index >= 15 is 0 Å². The van der Waals surface area contributed by atoms with Crippen LogP contribution in [0.4, 0.5) is 4.39 Å². The number of aryl methyl sites for hydroxylation is 4. The van der Waals surface area contributed by atoms with E-state index in [2.05, 4.69) is 16.1 Å². The van der Waals surface area contributed by atoms with Gasteiger partial charge in [-0.15, -0.1) is 11.3 Å². The van der Waals surface area contributed by atoms with Crippen LogP contribution in [0.5, 0.6) is 0 Å². The summed E-state index contributed by atoms with van der Waals surface area (Å²) < 4.78 is 14.9. The Morgan fingerprint density at radius 3 is 2.62 bits per heavy atom. The van der Waals surface area contributed by atoms with Gasteiger partial charge >= 0.3 is 0 Å². The molecular weight excluding hydrogens is 285 g/mol. The van der Waals surface area contributed by atoms with Gasteiger partial charge in [-0.2, -0.15) is 5.10 Å². The van der Waals surface area contributed by atoms with E-state index in [9.17, 15) is 4.39 Å². The Morgan fingerprint density at radius 2 is 1.95 bits per heavy atom. The van der Waals surface area contributed by atoms with E-state index in [-0.39, 0.29) is 5.82 Å². The lowest BCUT2D eigenvalue weighted by atomic mass is 10.1. The van der Waals surface area contributed by atoms with E-state index in [0.717, 1.165) is 40.6 Å². The van der Waals surface area contributed by atoms with Crippen molar-refractivity contribution in [2.75, 3.05) is 0 Å². The quantitative estimate of drug-likeness (QED) is 0.729. The Morgan fingerprint density at radius 1 is 1.19 bits per heavy atom. The van der Waals surface area contributed by atoms with Gasteiger partial charge in [-0.05, 0) is 44.0 Å². The van der Waals surface area contributed by atoms with Crippen LogP contribution in [0, 0.1) is 19.7 Å². The first-order valence-corrected chi connectivity index (χ1v) is 7.71. The summed E-state index contributed by atoms with van der Waals surface area (Å²) in [7, 11) is 0. The van der Waals surface area contributed by atoms with Crippen LogP contribution >= 0.6 is 11.3 Å². The molecule has 0 bridgehead atoms. The van der Waals surface area contributed by atoms with Gasteiger partial charge in [-0.25, -0.2) is 9.37 Å². The lowest BCUT2D eigenvalue weighted by Gasteiger charge is -2.04. The third kappa shape index (κ3) is 3.19. The monoisotopic (exact) mass is 301 g/mol. The highest BCUT2D eigenvalue weighted by molar-refractivity contribution is 7.13. The second-order valence-electron chi connectivity index (χ2n) is 5.06. The van der Waals surface area contributed by atoms with Crippen molar-refractivity contribution >= 4 is 11.3 Å². The Kier molecular flexibility index (Phi) is 3.84. The summed E-state index contributed by atoms with van der Waals surface area (Å²) in [6.07, 6.45) is 0.832. The zero-order valence-corrected chi connectivity index (χ0v) is 12.8. The van der Waals surface area contributed by atoms with Crippen LogP contribution in [0.25, 0.3) is 10.7 Å². The first kappa shape index (κ1) is 13.9. The standard InChI is InChI=1S/C16H16FN3S/c1-11-10-21-16(18-11)15-9-12(2)20(19-15)8-7-13-3-5-14(17)6-4-13/h3-6,9-10H,7-8H2,1-2H3. The van der Waals surface area contributed by atoms with Crippen LogP contribution in [-0.2, 0) is 13.0 Å². The SMILES string of the molecule is Cc1csc(-c2cc(C)n(CCc3ccc(F)cc3)n2)n1. The summed E-state index contributed by atoms with van der Waals surface area (Å²) in [6.45, 7) is 4.81. The normalized spacial score (nSPS) is 11.0. The van der Waals surface area contributed by atoms with Crippen LogP contribution in [0.3, 0.4) is 0 Å². The number of thiazole rings is 1. The largest absolute Gasteiger partial charge is 0.269 e. The minimum atomic E-state index is -0.199. The van der Waals surface area contributed by atoms with E-state index in [1.165, 1.54) is 12.1 Å². The number of benzene rings is 1. The Hall–Kier alpha value is -2.01. The molecule has 0 saturated heterocycles. The first-order valence-electron chi connectivity index (χ1n) is 6.83. The van der Waals surface area contributed by atoms with Gasteiger partial charge in [-0.1, -0.05) is 12.1 Å². The number of hydrogen-bond donors (Lipinski definition) is 0. The molecule has 0 aliphatic rings. The van der Waals surface area contributed by atoms with Gasteiger partial charge in [0.2, 0.25) is 0 Å². The highest BCUT2D eigenvalue weighted by atomic mass is 32.1. The molecule has 21 heavy (non-hydrogen) atoms. The fourth-order valence-corrected chi connectivity index (χ4v) is 2.95. The number of hydrogen-bond acceptors (Lipinski definition) is 3. The van der Waals surface area contributed by atoms with E-state index < -0.39 is 0 Å². The topological polar surface area (TPSA) is 30.7 Å². The molecule has 0 amide bonds. The van der Waals surface area contributed by atoms with Gasteiger partial charge in [-0.3, -0.25) is 4.68 Å². The van der Waals surface area contributed by atoms with Crippen LogP contribution in [-0.4, -0.2) is 14.8 Å². The Bertz CT molecular complexity index is 743. The molecule has 0 saturated carbocycles. The molecule has 3 rings (SSSR count). The average Bonchev–Trinajstić information content (AvgIpc) is 3.05. The second-order valence-corrected chi connectivity index (χ2v) is 5.92. The van der Waals surface area contributed by atoms with E-state index in [1.54, 1.807) is 11.3 Å². The third-order valence-corrected chi connectivity index (χ3v) is 4.33. The van der Waals surface area contributed by atoms with Crippen LogP contribution in [0.1, 0.15) is 17.0 Å². The number of rotatable bonds is 4. The van der Waals surface area contributed by atoms with Crippen LogP contribution in [0.15, 0.2) is 35.7 Å². The minimum Gasteiger partial charge on any atom is -0.269 e. The molecule has 0 radical (unpaired) electrons.